The number of carbonyl (C=O) groups excluding carboxylic acids is 4. The van der Waals surface area contributed by atoms with Gasteiger partial charge in [-0.1, -0.05) is 50.8 Å². The molecule has 1 amide bonds. The summed E-state index contributed by atoms with van der Waals surface area (Å²) in [7, 11) is 0. The molecule has 4 aliphatic carbocycles. The number of aliphatic hydroxyl groups is 2. The first-order valence-corrected chi connectivity index (χ1v) is 16.2. The number of ketones is 2. The monoisotopic (exact) mass is 605 g/mol. The highest BCUT2D eigenvalue weighted by Crippen LogP contribution is 2.76. The van der Waals surface area contributed by atoms with E-state index in [9.17, 15) is 29.4 Å². The molecule has 7 fully saturated rings. The molecule has 9 heteroatoms. The number of aliphatic hydroxyl groups excluding tert-OH is 1. The van der Waals surface area contributed by atoms with Gasteiger partial charge < -0.3 is 24.6 Å². The van der Waals surface area contributed by atoms with Crippen molar-refractivity contribution in [3.05, 3.63) is 48.0 Å². The van der Waals surface area contributed by atoms with E-state index in [1.807, 2.05) is 44.2 Å². The highest BCUT2D eigenvalue weighted by Gasteiger charge is 2.88. The van der Waals surface area contributed by atoms with Crippen molar-refractivity contribution < 1.29 is 38.9 Å². The minimum Gasteiger partial charge on any atom is -0.460 e. The normalized spacial score (nSPS) is 40.9. The summed E-state index contributed by atoms with van der Waals surface area (Å²) >= 11 is 0. The van der Waals surface area contributed by atoms with Gasteiger partial charge in [-0.3, -0.25) is 19.2 Å². The van der Waals surface area contributed by atoms with Gasteiger partial charge in [0.1, 0.15) is 23.4 Å². The predicted octanol–water partition coefficient (Wildman–Crippen LogP) is 3.01. The lowest BCUT2D eigenvalue weighted by Gasteiger charge is -2.73. The fourth-order valence-electron chi connectivity index (χ4n) is 10.4. The first-order chi connectivity index (χ1) is 20.9. The summed E-state index contributed by atoms with van der Waals surface area (Å²) in [6.45, 7) is 8.87. The van der Waals surface area contributed by atoms with Crippen molar-refractivity contribution in [2.24, 2.45) is 39.9 Å². The summed E-state index contributed by atoms with van der Waals surface area (Å²) in [5, 5.41) is 24.2. The molecule has 1 aromatic carbocycles. The van der Waals surface area contributed by atoms with Crippen LogP contribution < -0.4 is 0 Å². The quantitative estimate of drug-likeness (QED) is 0.387. The summed E-state index contributed by atoms with van der Waals surface area (Å²) in [4.78, 5) is 56.6. The maximum absolute atomic E-state index is 14.3. The van der Waals surface area contributed by atoms with Crippen LogP contribution in [0.3, 0.4) is 0 Å². The van der Waals surface area contributed by atoms with Crippen LogP contribution in [-0.4, -0.2) is 76.2 Å². The van der Waals surface area contributed by atoms with Crippen LogP contribution in [-0.2, 0) is 35.1 Å². The molecule has 2 N–H and O–H groups in total. The number of hydrogen-bond acceptors (Lipinski definition) is 8. The second-order valence-electron chi connectivity index (χ2n) is 14.8. The van der Waals surface area contributed by atoms with Crippen LogP contribution in [0.1, 0.15) is 64.4 Å². The van der Waals surface area contributed by atoms with Crippen LogP contribution in [0.4, 0.5) is 0 Å². The Morgan fingerprint density at radius 2 is 1.80 bits per heavy atom. The number of rotatable bonds is 5. The van der Waals surface area contributed by atoms with Crippen molar-refractivity contribution in [1.82, 2.24) is 4.90 Å². The van der Waals surface area contributed by atoms with Gasteiger partial charge in [-0.05, 0) is 61.0 Å². The van der Waals surface area contributed by atoms with E-state index in [0.29, 0.717) is 64.5 Å². The standard InChI is InChI=1S/C35H43NO8/c1-20-23-10-11-24-33-19-43-35(42,29(40)27(33)32(2,3)16-13-25(33)37)34(24,28(20)39)30(23)44-31(41)22-14-17-36(18-15-22)26(38)12-9-21-7-5-4-6-8-21/h4-8,22-24,27,29-30,40,42H,1,9-19H2,2-3H3/t23-,24-,27+,29-,30+,33+,34-,35+/m0/s1. The average Bonchev–Trinajstić information content (AvgIpc) is 3.13. The molecular weight excluding hydrogens is 562 g/mol. The minimum absolute atomic E-state index is 0.0508. The molecule has 4 saturated carbocycles. The maximum Gasteiger partial charge on any atom is 0.309 e. The Morgan fingerprint density at radius 1 is 1.09 bits per heavy atom. The Labute approximate surface area is 258 Å². The van der Waals surface area contributed by atoms with Gasteiger partial charge in [0.2, 0.25) is 11.7 Å². The molecular formula is C35H43NO8. The second-order valence-corrected chi connectivity index (χ2v) is 14.8. The van der Waals surface area contributed by atoms with Crippen LogP contribution in [0.2, 0.25) is 0 Å². The zero-order chi connectivity index (χ0) is 31.2. The predicted molar refractivity (Wildman–Crippen MR) is 158 cm³/mol. The molecule has 236 valence electrons. The third-order valence-corrected chi connectivity index (χ3v) is 12.5. The number of likely N-dealkylation sites (tertiary alicyclic amines) is 1. The van der Waals surface area contributed by atoms with E-state index in [0.717, 1.165) is 5.56 Å². The number of ether oxygens (including phenoxy) is 2. The molecule has 3 aliphatic heterocycles. The zero-order valence-corrected chi connectivity index (χ0v) is 25.6. The third kappa shape index (κ3) is 3.75. The van der Waals surface area contributed by atoms with Crippen LogP contribution in [0.5, 0.6) is 0 Å². The smallest absolute Gasteiger partial charge is 0.309 e. The lowest BCUT2D eigenvalue weighted by Crippen LogP contribution is -2.85. The van der Waals surface area contributed by atoms with Crippen molar-refractivity contribution in [3.63, 3.8) is 0 Å². The number of amides is 1. The zero-order valence-electron chi connectivity index (χ0n) is 25.6. The Bertz CT molecular complexity index is 1410. The van der Waals surface area contributed by atoms with Crippen molar-refractivity contribution in [1.29, 1.82) is 0 Å². The number of aryl methyl sites for hydroxylation is 1. The van der Waals surface area contributed by atoms with Gasteiger partial charge in [-0.15, -0.1) is 0 Å². The van der Waals surface area contributed by atoms with E-state index in [2.05, 4.69) is 6.58 Å². The van der Waals surface area contributed by atoms with E-state index in [4.69, 9.17) is 9.47 Å². The van der Waals surface area contributed by atoms with Gasteiger partial charge in [0.25, 0.3) is 0 Å². The van der Waals surface area contributed by atoms with Gasteiger partial charge in [-0.2, -0.15) is 0 Å². The first kappa shape index (κ1) is 29.8. The van der Waals surface area contributed by atoms with E-state index in [-0.39, 0.29) is 23.9 Å². The largest absolute Gasteiger partial charge is 0.460 e. The molecule has 7 aliphatic rings. The van der Waals surface area contributed by atoms with Crippen LogP contribution in [0.15, 0.2) is 42.5 Å². The lowest BCUT2D eigenvalue weighted by molar-refractivity contribution is -0.437. The Kier molecular flexibility index (Phi) is 6.82. The van der Waals surface area contributed by atoms with E-state index < -0.39 is 69.7 Å². The molecule has 8 atom stereocenters. The number of Topliss-reactive ketones (excluding diaryl/α,β-unsaturated/α-hetero) is 2. The number of carbonyl (C=O) groups is 4. The molecule has 2 spiro atoms. The Balaban J connectivity index is 1.12. The number of benzene rings is 1. The number of fused-ring (bicyclic) bond motifs is 2. The summed E-state index contributed by atoms with van der Waals surface area (Å²) in [6, 6.07) is 9.85. The molecule has 0 radical (unpaired) electrons. The van der Waals surface area contributed by atoms with Gasteiger partial charge in [0.05, 0.1) is 17.9 Å². The SMILES string of the molecule is C=C1C(=O)[C@]23[C@H](OC(=O)C4CCN(C(=O)CCc5ccccc5)CC4)[C@H]1CC[C@H]2[C@@]12CO[C@]3(O)[C@@H](O)[C@@H]1C(C)(C)CCC2=O. The average molecular weight is 606 g/mol. The van der Waals surface area contributed by atoms with Gasteiger partial charge >= 0.3 is 5.97 Å². The van der Waals surface area contributed by atoms with Gasteiger partial charge in [0, 0.05) is 37.8 Å². The van der Waals surface area contributed by atoms with E-state index >= 15 is 0 Å². The first-order valence-electron chi connectivity index (χ1n) is 16.2. The maximum atomic E-state index is 14.3. The topological polar surface area (TPSA) is 130 Å². The van der Waals surface area contributed by atoms with Crippen molar-refractivity contribution >= 4 is 23.4 Å². The molecule has 3 saturated heterocycles. The molecule has 3 heterocycles. The summed E-state index contributed by atoms with van der Waals surface area (Å²) in [5.74, 6) is -5.49. The molecule has 0 aromatic heterocycles. The summed E-state index contributed by atoms with van der Waals surface area (Å²) < 4.78 is 12.3. The van der Waals surface area contributed by atoms with Gasteiger partial charge in [0.15, 0.2) is 5.78 Å². The van der Waals surface area contributed by atoms with Crippen LogP contribution in [0.25, 0.3) is 0 Å². The molecule has 1 aromatic rings. The second kappa shape index (κ2) is 10.1. The molecule has 9 nitrogen and oxygen atoms in total. The van der Waals surface area contributed by atoms with Crippen LogP contribution >= 0.6 is 0 Å². The van der Waals surface area contributed by atoms with Crippen molar-refractivity contribution in [3.8, 4) is 0 Å². The molecule has 8 rings (SSSR count). The third-order valence-electron chi connectivity index (χ3n) is 12.5. The number of piperidine rings is 1. The van der Waals surface area contributed by atoms with Gasteiger partial charge in [-0.25, -0.2) is 0 Å². The minimum atomic E-state index is -2.31. The fourth-order valence-corrected chi connectivity index (χ4v) is 10.4. The Morgan fingerprint density at radius 3 is 2.50 bits per heavy atom. The number of hydrogen-bond donors (Lipinski definition) is 2. The highest BCUT2D eigenvalue weighted by molar-refractivity contribution is 6.06. The van der Waals surface area contributed by atoms with Crippen molar-refractivity contribution in [2.75, 3.05) is 19.7 Å². The lowest BCUT2D eigenvalue weighted by atomic mass is 9.36. The molecule has 0 unspecified atom stereocenters. The summed E-state index contributed by atoms with van der Waals surface area (Å²) in [6.07, 6.45) is 1.17. The van der Waals surface area contributed by atoms with Crippen molar-refractivity contribution in [2.45, 2.75) is 83.2 Å². The molecule has 4 bridgehead atoms. The van der Waals surface area contributed by atoms with E-state index in [1.54, 1.807) is 4.90 Å². The summed E-state index contributed by atoms with van der Waals surface area (Å²) in [5.41, 5.74) is -2.06. The van der Waals surface area contributed by atoms with E-state index in [1.165, 1.54) is 0 Å². The number of esters is 1. The highest BCUT2D eigenvalue weighted by atomic mass is 16.6. The Hall–Kier alpha value is -2.88. The fraction of sp³-hybridized carbons (Fsp3) is 0.657. The van der Waals surface area contributed by atoms with Crippen LogP contribution in [0, 0.1) is 39.9 Å². The molecule has 44 heavy (non-hydrogen) atoms. The number of nitrogens with zero attached hydrogens (tertiary/aromatic N) is 1.